The number of methoxy groups -OCH3 is 1. The summed E-state index contributed by atoms with van der Waals surface area (Å²) in [5, 5.41) is 2.94. The SMILES string of the molecule is COC(=O)OC1=C(CBr)NC(c2ncc(F)cc2F)=N[C@@H]1c1ccc(F)cc1Cl. The molecule has 152 valence electrons. The lowest BCUT2D eigenvalue weighted by molar-refractivity contribution is 0.0913. The molecule has 2 heterocycles. The molecule has 0 bridgehead atoms. The third kappa shape index (κ3) is 4.54. The zero-order valence-corrected chi connectivity index (χ0v) is 17.0. The van der Waals surface area contributed by atoms with Crippen molar-refractivity contribution in [3.05, 3.63) is 75.7 Å². The van der Waals surface area contributed by atoms with E-state index >= 15 is 0 Å². The van der Waals surface area contributed by atoms with Gasteiger partial charge in [0.1, 0.15) is 23.4 Å². The minimum absolute atomic E-state index is 0.00688. The number of aromatic nitrogens is 1. The highest BCUT2D eigenvalue weighted by molar-refractivity contribution is 9.09. The van der Waals surface area contributed by atoms with Gasteiger partial charge in [-0.1, -0.05) is 33.6 Å². The average Bonchev–Trinajstić information content (AvgIpc) is 2.68. The van der Waals surface area contributed by atoms with Crippen molar-refractivity contribution in [2.75, 3.05) is 12.4 Å². The van der Waals surface area contributed by atoms with Crippen molar-refractivity contribution in [1.82, 2.24) is 10.3 Å². The van der Waals surface area contributed by atoms with Crippen LogP contribution < -0.4 is 5.32 Å². The monoisotopic (exact) mass is 489 g/mol. The molecule has 11 heteroatoms. The van der Waals surface area contributed by atoms with Crippen LogP contribution in [0.4, 0.5) is 18.0 Å². The zero-order chi connectivity index (χ0) is 21.1. The second kappa shape index (κ2) is 8.83. The van der Waals surface area contributed by atoms with E-state index in [0.29, 0.717) is 6.07 Å². The molecule has 0 amide bonds. The van der Waals surface area contributed by atoms with Gasteiger partial charge in [0.2, 0.25) is 0 Å². The molecule has 0 saturated carbocycles. The minimum atomic E-state index is -1.06. The fourth-order valence-electron chi connectivity index (χ4n) is 2.58. The predicted molar refractivity (Wildman–Crippen MR) is 102 cm³/mol. The summed E-state index contributed by atoms with van der Waals surface area (Å²) in [6.07, 6.45) is -0.186. The molecule has 1 aromatic heterocycles. The number of alkyl halides is 1. The van der Waals surface area contributed by atoms with Crippen molar-refractivity contribution in [2.24, 2.45) is 4.99 Å². The molecule has 6 nitrogen and oxygen atoms in total. The molecule has 1 aliphatic heterocycles. The van der Waals surface area contributed by atoms with Crippen LogP contribution in [0, 0.1) is 17.5 Å². The minimum Gasteiger partial charge on any atom is -0.437 e. The molecule has 0 saturated heterocycles. The number of halogens is 5. The van der Waals surface area contributed by atoms with Gasteiger partial charge in [-0.3, -0.25) is 0 Å². The third-order valence-electron chi connectivity index (χ3n) is 3.86. The van der Waals surface area contributed by atoms with Crippen LogP contribution in [0.2, 0.25) is 5.02 Å². The Morgan fingerprint density at radius 1 is 1.28 bits per heavy atom. The number of amidine groups is 1. The number of nitrogens with one attached hydrogen (secondary N) is 1. The Hall–Kier alpha value is -2.59. The van der Waals surface area contributed by atoms with E-state index in [0.717, 1.165) is 25.4 Å². The van der Waals surface area contributed by atoms with E-state index in [-0.39, 0.29) is 38.9 Å². The number of rotatable bonds is 4. The van der Waals surface area contributed by atoms with Crippen LogP contribution in [0.15, 0.2) is 46.9 Å². The molecule has 0 aliphatic carbocycles. The largest absolute Gasteiger partial charge is 0.513 e. The van der Waals surface area contributed by atoms with Gasteiger partial charge >= 0.3 is 6.16 Å². The maximum absolute atomic E-state index is 14.3. The Morgan fingerprint density at radius 3 is 2.66 bits per heavy atom. The molecule has 29 heavy (non-hydrogen) atoms. The van der Waals surface area contributed by atoms with Crippen LogP contribution >= 0.6 is 27.5 Å². The number of aliphatic imine (C=N–C) groups is 1. The summed E-state index contributed by atoms with van der Waals surface area (Å²) in [7, 11) is 1.12. The molecule has 0 unspecified atom stereocenters. The highest BCUT2D eigenvalue weighted by Gasteiger charge is 2.32. The molecular weight excluding hydrogens is 479 g/mol. The van der Waals surface area contributed by atoms with Gasteiger partial charge < -0.3 is 14.8 Å². The number of allylic oxidation sites excluding steroid dienone is 1. The van der Waals surface area contributed by atoms with Gasteiger partial charge in [0.25, 0.3) is 0 Å². The standard InChI is InChI=1S/C18H12BrClF3N3O3/c1-28-18(27)29-16-13(6-19)25-17(15-12(23)5-9(22)7-24-15)26-14(16)10-3-2-8(21)4-11(10)20/h2-5,7,14H,6H2,1H3,(H,25,26)/t14-/m1/s1. The molecular formula is C18H12BrClF3N3O3. The first kappa shape index (κ1) is 21.1. The van der Waals surface area contributed by atoms with E-state index in [2.05, 4.69) is 36.0 Å². The number of benzene rings is 1. The fourth-order valence-corrected chi connectivity index (χ4v) is 3.27. The van der Waals surface area contributed by atoms with Crippen LogP contribution in [0.3, 0.4) is 0 Å². The van der Waals surface area contributed by atoms with E-state index in [1.165, 1.54) is 6.07 Å². The number of pyridine rings is 1. The van der Waals surface area contributed by atoms with E-state index in [4.69, 9.17) is 16.3 Å². The van der Waals surface area contributed by atoms with Gasteiger partial charge in [-0.25, -0.2) is 27.9 Å². The molecule has 0 radical (unpaired) electrons. The summed E-state index contributed by atoms with van der Waals surface area (Å²) < 4.78 is 50.7. The van der Waals surface area contributed by atoms with Crippen molar-refractivity contribution in [1.29, 1.82) is 0 Å². The maximum Gasteiger partial charge on any atom is 0.513 e. The van der Waals surface area contributed by atoms with E-state index < -0.39 is 29.6 Å². The molecule has 3 rings (SSSR count). The molecule has 2 aromatic rings. The first-order chi connectivity index (χ1) is 13.8. The predicted octanol–water partition coefficient (Wildman–Crippen LogP) is 4.63. The van der Waals surface area contributed by atoms with Gasteiger partial charge in [-0.2, -0.15) is 0 Å². The molecule has 1 aliphatic rings. The smallest absolute Gasteiger partial charge is 0.437 e. The highest BCUT2D eigenvalue weighted by atomic mass is 79.9. The van der Waals surface area contributed by atoms with Crippen molar-refractivity contribution in [3.8, 4) is 0 Å². The Kier molecular flexibility index (Phi) is 6.43. The van der Waals surface area contributed by atoms with Crippen molar-refractivity contribution in [2.45, 2.75) is 6.04 Å². The summed E-state index contributed by atoms with van der Waals surface area (Å²) in [6.45, 7) is 0. The molecule has 1 atom stereocenters. The van der Waals surface area contributed by atoms with E-state index in [9.17, 15) is 18.0 Å². The van der Waals surface area contributed by atoms with E-state index in [1.807, 2.05) is 0 Å². The Labute approximate surface area is 176 Å². The Morgan fingerprint density at radius 2 is 2.03 bits per heavy atom. The van der Waals surface area contributed by atoms with Crippen LogP contribution in [0.1, 0.15) is 17.3 Å². The van der Waals surface area contributed by atoms with Crippen molar-refractivity contribution in [3.63, 3.8) is 0 Å². The van der Waals surface area contributed by atoms with Gasteiger partial charge in [-0.15, -0.1) is 0 Å². The first-order valence-corrected chi connectivity index (χ1v) is 9.50. The van der Waals surface area contributed by atoms with Crippen LogP contribution in [-0.2, 0) is 9.47 Å². The molecule has 1 aromatic carbocycles. The zero-order valence-electron chi connectivity index (χ0n) is 14.7. The lowest BCUT2D eigenvalue weighted by Gasteiger charge is -2.27. The van der Waals surface area contributed by atoms with Gasteiger partial charge in [0, 0.05) is 22.0 Å². The third-order valence-corrected chi connectivity index (χ3v) is 4.74. The molecule has 0 spiro atoms. The van der Waals surface area contributed by atoms with Crippen LogP contribution in [0.25, 0.3) is 0 Å². The van der Waals surface area contributed by atoms with Crippen molar-refractivity contribution < 1.29 is 27.4 Å². The summed E-state index contributed by atoms with van der Waals surface area (Å²) in [5.41, 5.74) is 0.313. The quantitative estimate of drug-likeness (QED) is 0.500. The average molecular weight is 491 g/mol. The fraction of sp³-hybridized carbons (Fsp3) is 0.167. The second-order valence-electron chi connectivity index (χ2n) is 5.69. The molecule has 1 N–H and O–H groups in total. The number of hydrogen-bond acceptors (Lipinski definition) is 6. The van der Waals surface area contributed by atoms with Crippen molar-refractivity contribution >= 4 is 39.5 Å². The maximum atomic E-state index is 14.3. The number of carbonyl (C=O) groups excluding carboxylic acids is 1. The van der Waals surface area contributed by atoms with Gasteiger partial charge in [0.05, 0.1) is 19.0 Å². The topological polar surface area (TPSA) is 72.8 Å². The summed E-state index contributed by atoms with van der Waals surface area (Å²) in [6, 6.07) is 3.17. The second-order valence-corrected chi connectivity index (χ2v) is 6.66. The lowest BCUT2D eigenvalue weighted by Crippen LogP contribution is -2.34. The lowest BCUT2D eigenvalue weighted by atomic mass is 10.0. The Balaban J connectivity index is 2.16. The molecule has 0 fully saturated rings. The normalized spacial score (nSPS) is 16.2. The summed E-state index contributed by atoms with van der Waals surface area (Å²) in [4.78, 5) is 19.8. The summed E-state index contributed by atoms with van der Waals surface area (Å²) in [5.74, 6) is -2.44. The highest BCUT2D eigenvalue weighted by Crippen LogP contribution is 2.37. The number of ether oxygens (including phenoxy) is 2. The first-order valence-electron chi connectivity index (χ1n) is 8.00. The van der Waals surface area contributed by atoms with Crippen LogP contribution in [0.5, 0.6) is 0 Å². The number of nitrogens with zero attached hydrogens (tertiary/aromatic N) is 2. The van der Waals surface area contributed by atoms with E-state index in [1.54, 1.807) is 0 Å². The van der Waals surface area contributed by atoms with Gasteiger partial charge in [0.15, 0.2) is 17.4 Å². The number of hydrogen-bond donors (Lipinski definition) is 1. The van der Waals surface area contributed by atoms with Gasteiger partial charge in [-0.05, 0) is 12.1 Å². The Bertz CT molecular complexity index is 1030. The van der Waals surface area contributed by atoms with Crippen LogP contribution in [-0.4, -0.2) is 29.4 Å². The summed E-state index contributed by atoms with van der Waals surface area (Å²) >= 11 is 9.41. The number of carbonyl (C=O) groups is 1.